The molecule has 0 amide bonds. The molecule has 0 aliphatic heterocycles. The van der Waals surface area contributed by atoms with Gasteiger partial charge in [0.15, 0.2) is 5.96 Å². The Morgan fingerprint density at radius 2 is 2.04 bits per heavy atom. The van der Waals surface area contributed by atoms with Gasteiger partial charge < -0.3 is 14.6 Å². The van der Waals surface area contributed by atoms with Crippen LogP contribution in [0.1, 0.15) is 55.0 Å². The van der Waals surface area contributed by atoms with Crippen molar-refractivity contribution in [3.05, 3.63) is 40.6 Å². The Labute approximate surface area is 174 Å². The van der Waals surface area contributed by atoms with E-state index in [1.54, 1.807) is 0 Å². The molecule has 0 saturated heterocycles. The lowest BCUT2D eigenvalue weighted by Gasteiger charge is -2.22. The van der Waals surface area contributed by atoms with Gasteiger partial charge in [0, 0.05) is 44.5 Å². The molecule has 2 heterocycles. The van der Waals surface area contributed by atoms with Crippen molar-refractivity contribution in [3.63, 3.8) is 0 Å². The molecule has 0 aliphatic rings. The van der Waals surface area contributed by atoms with Crippen LogP contribution < -0.4 is 5.32 Å². The van der Waals surface area contributed by atoms with Gasteiger partial charge in [-0.3, -0.25) is 4.68 Å². The average Bonchev–Trinajstić information content (AvgIpc) is 3.05. The van der Waals surface area contributed by atoms with Crippen molar-refractivity contribution in [1.82, 2.24) is 20.0 Å². The van der Waals surface area contributed by atoms with Crippen LogP contribution >= 0.6 is 24.0 Å². The zero-order valence-electron chi connectivity index (χ0n) is 17.0. The largest absolute Gasteiger partial charge is 0.466 e. The molecule has 6 nitrogen and oxygen atoms in total. The summed E-state index contributed by atoms with van der Waals surface area (Å²) in [5, 5.41) is 7.97. The van der Waals surface area contributed by atoms with Gasteiger partial charge in [-0.1, -0.05) is 13.8 Å². The fourth-order valence-corrected chi connectivity index (χ4v) is 2.96. The van der Waals surface area contributed by atoms with Crippen LogP contribution in [-0.2, 0) is 20.1 Å². The number of hydrogen-bond donors (Lipinski definition) is 1. The normalized spacial score (nSPS) is 11.6. The van der Waals surface area contributed by atoms with Gasteiger partial charge in [0.2, 0.25) is 0 Å². The molecule has 0 saturated carbocycles. The van der Waals surface area contributed by atoms with Gasteiger partial charge >= 0.3 is 0 Å². The number of aromatic nitrogens is 2. The number of furan rings is 1. The van der Waals surface area contributed by atoms with Crippen LogP contribution in [0, 0.1) is 13.8 Å². The van der Waals surface area contributed by atoms with E-state index in [2.05, 4.69) is 55.4 Å². The fraction of sp³-hybridized carbons (Fsp3) is 0.579. The summed E-state index contributed by atoms with van der Waals surface area (Å²) in [6.07, 6.45) is 2.10. The molecule has 146 valence electrons. The summed E-state index contributed by atoms with van der Waals surface area (Å²) in [6.45, 7) is 12.6. The van der Waals surface area contributed by atoms with Gasteiger partial charge in [-0.2, -0.15) is 5.10 Å². The molecule has 26 heavy (non-hydrogen) atoms. The van der Waals surface area contributed by atoms with Crippen LogP contribution in [0.3, 0.4) is 0 Å². The second-order valence-corrected chi connectivity index (χ2v) is 6.83. The Hall–Kier alpha value is -1.51. The van der Waals surface area contributed by atoms with Crippen LogP contribution in [0.5, 0.6) is 0 Å². The maximum Gasteiger partial charge on any atom is 0.194 e. The molecule has 2 aromatic rings. The average molecular weight is 473 g/mol. The first kappa shape index (κ1) is 22.5. The lowest BCUT2D eigenvalue weighted by molar-refractivity contribution is 0.472. The number of nitrogens with one attached hydrogen (secondary N) is 1. The van der Waals surface area contributed by atoms with Crippen LogP contribution in [0.15, 0.2) is 21.7 Å². The number of guanidine groups is 1. The van der Waals surface area contributed by atoms with Gasteiger partial charge in [0.05, 0.1) is 12.2 Å². The van der Waals surface area contributed by atoms with Crippen molar-refractivity contribution in [3.8, 4) is 0 Å². The highest BCUT2D eigenvalue weighted by atomic mass is 127. The minimum atomic E-state index is 0. The Kier molecular flexibility index (Phi) is 8.66. The van der Waals surface area contributed by atoms with Crippen molar-refractivity contribution in [2.45, 2.75) is 53.6 Å². The third kappa shape index (κ3) is 5.75. The topological polar surface area (TPSA) is 58.6 Å². The summed E-state index contributed by atoms with van der Waals surface area (Å²) in [5.74, 6) is 3.16. The molecule has 0 spiro atoms. The van der Waals surface area contributed by atoms with E-state index in [0.29, 0.717) is 12.5 Å². The third-order valence-corrected chi connectivity index (χ3v) is 4.13. The minimum Gasteiger partial charge on any atom is -0.466 e. The molecule has 0 aliphatic carbocycles. The highest BCUT2D eigenvalue weighted by molar-refractivity contribution is 14.0. The van der Waals surface area contributed by atoms with E-state index in [0.717, 1.165) is 41.8 Å². The summed E-state index contributed by atoms with van der Waals surface area (Å²) < 4.78 is 7.48. The van der Waals surface area contributed by atoms with E-state index in [9.17, 15) is 0 Å². The molecular weight excluding hydrogens is 441 g/mol. The van der Waals surface area contributed by atoms with E-state index in [4.69, 9.17) is 9.41 Å². The third-order valence-electron chi connectivity index (χ3n) is 4.13. The predicted octanol–water partition coefficient (Wildman–Crippen LogP) is 3.97. The maximum atomic E-state index is 5.59. The summed E-state index contributed by atoms with van der Waals surface area (Å²) in [4.78, 5) is 6.93. The predicted molar refractivity (Wildman–Crippen MR) is 117 cm³/mol. The molecule has 0 bridgehead atoms. The molecule has 0 radical (unpaired) electrons. The first-order chi connectivity index (χ1) is 11.8. The molecule has 0 atom stereocenters. The molecule has 2 rings (SSSR count). The quantitative estimate of drug-likeness (QED) is 0.392. The SMILES string of the molecule is CCNC(=NCc1cc(C)oc1C)N(C)Cc1cn(C)nc1C(C)C.I. The van der Waals surface area contributed by atoms with Gasteiger partial charge in [0.25, 0.3) is 0 Å². The highest BCUT2D eigenvalue weighted by Crippen LogP contribution is 2.19. The van der Waals surface area contributed by atoms with Gasteiger partial charge in [-0.05, 0) is 32.8 Å². The Bertz CT molecular complexity index is 732. The molecular formula is C19H32IN5O. The summed E-state index contributed by atoms with van der Waals surface area (Å²) >= 11 is 0. The van der Waals surface area contributed by atoms with E-state index in [1.807, 2.05) is 25.6 Å². The summed E-state index contributed by atoms with van der Waals surface area (Å²) in [7, 11) is 4.03. The van der Waals surface area contributed by atoms with Crippen LogP contribution in [0.4, 0.5) is 0 Å². The van der Waals surface area contributed by atoms with E-state index in [1.165, 1.54) is 5.56 Å². The highest BCUT2D eigenvalue weighted by Gasteiger charge is 2.15. The standard InChI is InChI=1S/C19H31N5O.HI/c1-8-20-19(21-10-16-9-14(4)25-15(16)5)23(6)11-17-12-24(7)22-18(17)13(2)3;/h9,12-13H,8,10-11H2,1-7H3,(H,20,21);1H. The summed E-state index contributed by atoms with van der Waals surface area (Å²) in [5.41, 5.74) is 3.51. The number of halogens is 1. The smallest absolute Gasteiger partial charge is 0.194 e. The van der Waals surface area contributed by atoms with Crippen LogP contribution in [-0.4, -0.2) is 34.2 Å². The maximum absolute atomic E-state index is 5.59. The Morgan fingerprint density at radius 3 is 2.58 bits per heavy atom. The lowest BCUT2D eigenvalue weighted by atomic mass is 10.1. The van der Waals surface area contributed by atoms with Crippen molar-refractivity contribution < 1.29 is 4.42 Å². The Morgan fingerprint density at radius 1 is 1.35 bits per heavy atom. The molecule has 0 fully saturated rings. The van der Waals surface area contributed by atoms with E-state index in [-0.39, 0.29) is 24.0 Å². The van der Waals surface area contributed by atoms with Crippen LogP contribution in [0.25, 0.3) is 0 Å². The molecule has 0 unspecified atom stereocenters. The zero-order valence-corrected chi connectivity index (χ0v) is 19.3. The van der Waals surface area contributed by atoms with E-state index >= 15 is 0 Å². The molecule has 1 N–H and O–H groups in total. The summed E-state index contributed by atoms with van der Waals surface area (Å²) in [6, 6.07) is 2.06. The van der Waals surface area contributed by atoms with Crippen molar-refractivity contribution >= 4 is 29.9 Å². The van der Waals surface area contributed by atoms with Gasteiger partial charge in [0.1, 0.15) is 11.5 Å². The first-order valence-corrected chi connectivity index (χ1v) is 8.89. The lowest BCUT2D eigenvalue weighted by Crippen LogP contribution is -2.38. The second-order valence-electron chi connectivity index (χ2n) is 6.83. The number of rotatable bonds is 6. The zero-order chi connectivity index (χ0) is 18.6. The molecule has 0 aromatic carbocycles. The molecule has 2 aromatic heterocycles. The van der Waals surface area contributed by atoms with Gasteiger partial charge in [-0.15, -0.1) is 24.0 Å². The number of hydrogen-bond acceptors (Lipinski definition) is 3. The Balaban J connectivity index is 0.00000338. The second kappa shape index (κ2) is 9.99. The van der Waals surface area contributed by atoms with Crippen molar-refractivity contribution in [2.75, 3.05) is 13.6 Å². The van der Waals surface area contributed by atoms with E-state index < -0.39 is 0 Å². The van der Waals surface area contributed by atoms with Crippen molar-refractivity contribution in [2.24, 2.45) is 12.0 Å². The number of aryl methyl sites for hydroxylation is 3. The minimum absolute atomic E-state index is 0. The number of aliphatic imine (C=N–C) groups is 1. The van der Waals surface area contributed by atoms with Crippen molar-refractivity contribution in [1.29, 1.82) is 0 Å². The van der Waals surface area contributed by atoms with Crippen LogP contribution in [0.2, 0.25) is 0 Å². The first-order valence-electron chi connectivity index (χ1n) is 8.89. The molecule has 7 heteroatoms. The number of nitrogens with zero attached hydrogens (tertiary/aromatic N) is 4. The fourth-order valence-electron chi connectivity index (χ4n) is 2.96. The monoisotopic (exact) mass is 473 g/mol. The van der Waals surface area contributed by atoms with Gasteiger partial charge in [-0.25, -0.2) is 4.99 Å².